The van der Waals surface area contributed by atoms with Gasteiger partial charge in [-0.25, -0.2) is 13.6 Å². The van der Waals surface area contributed by atoms with Crippen molar-refractivity contribution in [2.75, 3.05) is 6.61 Å². The largest absolute Gasteiger partial charge is 0.450 e. The first-order chi connectivity index (χ1) is 8.45. The molecule has 0 aromatic heterocycles. The summed E-state index contributed by atoms with van der Waals surface area (Å²) >= 11 is 0. The molecule has 0 aliphatic rings. The summed E-state index contributed by atoms with van der Waals surface area (Å²) in [6.45, 7) is 3.38. The molecule has 0 radical (unpaired) electrons. The molecule has 1 rings (SSSR count). The predicted molar refractivity (Wildman–Crippen MR) is 60.9 cm³/mol. The molecule has 0 heterocycles. The lowest BCUT2D eigenvalue weighted by Gasteiger charge is -2.20. The summed E-state index contributed by atoms with van der Waals surface area (Å²) in [6, 6.07) is 3.30. The van der Waals surface area contributed by atoms with E-state index in [2.05, 4.69) is 10.1 Å². The van der Waals surface area contributed by atoms with E-state index in [0.29, 0.717) is 5.56 Å². The summed E-state index contributed by atoms with van der Waals surface area (Å²) < 4.78 is 30.4. The van der Waals surface area contributed by atoms with Gasteiger partial charge in [0.25, 0.3) is 0 Å². The Morgan fingerprint density at radius 3 is 2.67 bits per heavy atom. The topological polar surface area (TPSA) is 58.6 Å². The van der Waals surface area contributed by atoms with Crippen LogP contribution in [0.3, 0.4) is 0 Å². The van der Waals surface area contributed by atoms with E-state index in [0.717, 1.165) is 12.1 Å². The summed E-state index contributed by atoms with van der Waals surface area (Å²) in [5, 5.41) is 11.9. The van der Waals surface area contributed by atoms with Gasteiger partial charge in [-0.1, -0.05) is 13.0 Å². The van der Waals surface area contributed by atoms with Crippen LogP contribution in [0.1, 0.15) is 25.3 Å². The number of nitrogens with one attached hydrogen (secondary N) is 1. The molecule has 0 saturated heterocycles. The molecule has 6 heteroatoms. The molecule has 2 unspecified atom stereocenters. The Morgan fingerprint density at radius 1 is 1.44 bits per heavy atom. The van der Waals surface area contributed by atoms with Crippen molar-refractivity contribution in [1.82, 2.24) is 5.32 Å². The number of hydrogen-bond donors (Lipinski definition) is 2. The van der Waals surface area contributed by atoms with Crippen LogP contribution in [0.25, 0.3) is 0 Å². The zero-order chi connectivity index (χ0) is 13.7. The highest BCUT2D eigenvalue weighted by Gasteiger charge is 2.20. The zero-order valence-electron chi connectivity index (χ0n) is 10.1. The number of amides is 1. The van der Waals surface area contributed by atoms with Crippen LogP contribution in [0, 0.1) is 11.6 Å². The Morgan fingerprint density at radius 2 is 2.11 bits per heavy atom. The molecule has 100 valence electrons. The number of carbonyl (C=O) groups excluding carboxylic acids is 1. The minimum Gasteiger partial charge on any atom is -0.450 e. The highest BCUT2D eigenvalue weighted by atomic mass is 19.2. The van der Waals surface area contributed by atoms with Crippen LogP contribution in [0.5, 0.6) is 0 Å². The van der Waals surface area contributed by atoms with E-state index in [1.807, 2.05) is 0 Å². The van der Waals surface area contributed by atoms with Gasteiger partial charge in [-0.05, 0) is 24.6 Å². The highest BCUT2D eigenvalue weighted by molar-refractivity contribution is 5.67. The number of hydrogen-bond acceptors (Lipinski definition) is 3. The van der Waals surface area contributed by atoms with E-state index in [-0.39, 0.29) is 6.61 Å². The van der Waals surface area contributed by atoms with E-state index < -0.39 is 29.9 Å². The lowest BCUT2D eigenvalue weighted by Crippen LogP contribution is -2.38. The van der Waals surface area contributed by atoms with E-state index >= 15 is 0 Å². The Hall–Kier alpha value is -1.69. The molecule has 2 atom stereocenters. The molecule has 0 saturated carbocycles. The van der Waals surface area contributed by atoms with Gasteiger partial charge in [0.1, 0.15) is 6.23 Å². The molecule has 2 N–H and O–H groups in total. The average Bonchev–Trinajstić information content (AvgIpc) is 2.32. The van der Waals surface area contributed by atoms with Gasteiger partial charge in [-0.15, -0.1) is 0 Å². The molecular formula is C12H15F2NO3. The summed E-state index contributed by atoms with van der Waals surface area (Å²) in [5.41, 5.74) is 0.373. The van der Waals surface area contributed by atoms with E-state index in [9.17, 15) is 18.7 Å². The second-order valence-corrected chi connectivity index (χ2v) is 3.77. The Kier molecular flexibility index (Phi) is 5.03. The SMILES string of the molecule is CCOC(=O)NC(O)C(C)c1ccc(F)c(F)c1. The maximum atomic E-state index is 13.0. The Labute approximate surface area is 104 Å². The fraction of sp³-hybridized carbons (Fsp3) is 0.417. The molecule has 1 aromatic carbocycles. The number of aliphatic hydroxyl groups excluding tert-OH is 1. The number of ether oxygens (including phenoxy) is 1. The van der Waals surface area contributed by atoms with Gasteiger partial charge in [0, 0.05) is 5.92 Å². The van der Waals surface area contributed by atoms with Crippen molar-refractivity contribution in [3.8, 4) is 0 Å². The first kappa shape index (κ1) is 14.4. The van der Waals surface area contributed by atoms with E-state index in [1.165, 1.54) is 6.07 Å². The van der Waals surface area contributed by atoms with Gasteiger partial charge < -0.3 is 9.84 Å². The normalized spacial score (nSPS) is 13.8. The number of aliphatic hydroxyl groups is 1. The van der Waals surface area contributed by atoms with Gasteiger partial charge in [-0.3, -0.25) is 5.32 Å². The minimum absolute atomic E-state index is 0.179. The van der Waals surface area contributed by atoms with Crippen molar-refractivity contribution in [3.63, 3.8) is 0 Å². The zero-order valence-corrected chi connectivity index (χ0v) is 10.1. The molecule has 4 nitrogen and oxygen atoms in total. The smallest absolute Gasteiger partial charge is 0.409 e. The molecule has 0 spiro atoms. The van der Waals surface area contributed by atoms with Crippen LogP contribution >= 0.6 is 0 Å². The Balaban J connectivity index is 2.70. The van der Waals surface area contributed by atoms with Gasteiger partial charge in [0.15, 0.2) is 11.6 Å². The first-order valence-corrected chi connectivity index (χ1v) is 5.52. The number of rotatable bonds is 4. The van der Waals surface area contributed by atoms with Crippen LogP contribution in [0.15, 0.2) is 18.2 Å². The third kappa shape index (κ3) is 3.66. The number of carbonyl (C=O) groups is 1. The van der Waals surface area contributed by atoms with Gasteiger partial charge >= 0.3 is 6.09 Å². The van der Waals surface area contributed by atoms with Crippen molar-refractivity contribution in [3.05, 3.63) is 35.4 Å². The predicted octanol–water partition coefficient (Wildman–Crippen LogP) is 2.13. The van der Waals surface area contributed by atoms with Crippen LogP contribution in [0.2, 0.25) is 0 Å². The van der Waals surface area contributed by atoms with Crippen molar-refractivity contribution < 1.29 is 23.4 Å². The third-order valence-electron chi connectivity index (χ3n) is 2.48. The fourth-order valence-corrected chi connectivity index (χ4v) is 1.40. The first-order valence-electron chi connectivity index (χ1n) is 5.52. The standard InChI is InChI=1S/C12H15F2NO3/c1-3-18-12(17)15-11(16)7(2)8-4-5-9(13)10(14)6-8/h4-7,11,16H,3H2,1-2H3,(H,15,17). The van der Waals surface area contributed by atoms with Crippen LogP contribution < -0.4 is 5.32 Å². The van der Waals surface area contributed by atoms with Crippen LogP contribution in [-0.2, 0) is 4.74 Å². The van der Waals surface area contributed by atoms with Crippen molar-refractivity contribution >= 4 is 6.09 Å². The molecule has 1 aromatic rings. The molecule has 0 bridgehead atoms. The van der Waals surface area contributed by atoms with Gasteiger partial charge in [-0.2, -0.15) is 0 Å². The highest BCUT2D eigenvalue weighted by Crippen LogP contribution is 2.20. The molecule has 0 fully saturated rings. The molecular weight excluding hydrogens is 244 g/mol. The summed E-state index contributed by atoms with van der Waals surface area (Å²) in [7, 11) is 0. The van der Waals surface area contributed by atoms with E-state index in [4.69, 9.17) is 0 Å². The van der Waals surface area contributed by atoms with Gasteiger partial charge in [0.05, 0.1) is 6.61 Å². The lowest BCUT2D eigenvalue weighted by molar-refractivity contribution is 0.0885. The molecule has 0 aliphatic heterocycles. The molecule has 18 heavy (non-hydrogen) atoms. The monoisotopic (exact) mass is 259 g/mol. The number of halogens is 2. The summed E-state index contributed by atoms with van der Waals surface area (Å²) in [5.74, 6) is -2.55. The average molecular weight is 259 g/mol. The van der Waals surface area contributed by atoms with Gasteiger partial charge in [0.2, 0.25) is 0 Å². The number of alkyl carbamates (subject to hydrolysis) is 1. The quantitative estimate of drug-likeness (QED) is 0.814. The summed E-state index contributed by atoms with van der Waals surface area (Å²) in [4.78, 5) is 11.1. The lowest BCUT2D eigenvalue weighted by atomic mass is 9.99. The second-order valence-electron chi connectivity index (χ2n) is 3.77. The Bertz CT molecular complexity index is 426. The second kappa shape index (κ2) is 6.30. The van der Waals surface area contributed by atoms with Crippen LogP contribution in [-0.4, -0.2) is 24.0 Å². The number of benzene rings is 1. The van der Waals surface area contributed by atoms with Crippen molar-refractivity contribution in [1.29, 1.82) is 0 Å². The van der Waals surface area contributed by atoms with Crippen molar-refractivity contribution in [2.45, 2.75) is 26.0 Å². The maximum absolute atomic E-state index is 13.0. The fourth-order valence-electron chi connectivity index (χ4n) is 1.40. The van der Waals surface area contributed by atoms with Crippen molar-refractivity contribution in [2.24, 2.45) is 0 Å². The third-order valence-corrected chi connectivity index (χ3v) is 2.48. The van der Waals surface area contributed by atoms with Crippen LogP contribution in [0.4, 0.5) is 13.6 Å². The maximum Gasteiger partial charge on any atom is 0.409 e. The molecule has 1 amide bonds. The van der Waals surface area contributed by atoms with E-state index in [1.54, 1.807) is 13.8 Å². The molecule has 0 aliphatic carbocycles. The summed E-state index contributed by atoms with van der Waals surface area (Å²) in [6.07, 6.45) is -2.01. The minimum atomic E-state index is -1.24.